The van der Waals surface area contributed by atoms with Crippen molar-refractivity contribution < 1.29 is 9.47 Å². The summed E-state index contributed by atoms with van der Waals surface area (Å²) < 4.78 is 11.2. The quantitative estimate of drug-likeness (QED) is 0.223. The summed E-state index contributed by atoms with van der Waals surface area (Å²) in [6, 6.07) is 11.6. The van der Waals surface area contributed by atoms with Crippen molar-refractivity contribution in [2.45, 2.75) is 32.4 Å². The van der Waals surface area contributed by atoms with Crippen LogP contribution in [0.25, 0.3) is 33.6 Å². The minimum Gasteiger partial charge on any atom is -0.480 e. The minimum atomic E-state index is 0.448. The summed E-state index contributed by atoms with van der Waals surface area (Å²) in [6.45, 7) is 2.24. The third-order valence-electron chi connectivity index (χ3n) is 7.89. The third kappa shape index (κ3) is 5.42. The van der Waals surface area contributed by atoms with Crippen molar-refractivity contribution in [3.8, 4) is 45.4 Å². The SMILES string of the molecule is CNCc1ncc(-c2cccc(-c3cccc(-c4cnc(CN5C=C6CCCC6C5)c(OC)n4)c3Cl)c2Cl)nc1OC. The normalized spacial score (nSPS) is 16.0. The van der Waals surface area contributed by atoms with Crippen LogP contribution in [0.15, 0.2) is 60.6 Å². The number of benzene rings is 2. The van der Waals surface area contributed by atoms with Gasteiger partial charge in [-0.15, -0.1) is 0 Å². The van der Waals surface area contributed by atoms with Gasteiger partial charge in [0.15, 0.2) is 0 Å². The summed E-state index contributed by atoms with van der Waals surface area (Å²) >= 11 is 14.0. The minimum absolute atomic E-state index is 0.448. The van der Waals surface area contributed by atoms with E-state index in [0.717, 1.165) is 34.5 Å². The van der Waals surface area contributed by atoms with Crippen LogP contribution in [0.4, 0.5) is 0 Å². The van der Waals surface area contributed by atoms with Gasteiger partial charge in [0.2, 0.25) is 11.8 Å². The molecule has 1 aliphatic carbocycles. The zero-order valence-electron chi connectivity index (χ0n) is 23.8. The Morgan fingerprint density at radius 1 is 0.857 bits per heavy atom. The Labute approximate surface area is 255 Å². The van der Waals surface area contributed by atoms with Crippen LogP contribution in [0, 0.1) is 5.92 Å². The van der Waals surface area contributed by atoms with Crippen LogP contribution >= 0.6 is 23.2 Å². The van der Waals surface area contributed by atoms with Crippen LogP contribution in [-0.4, -0.2) is 52.6 Å². The van der Waals surface area contributed by atoms with Gasteiger partial charge in [-0.25, -0.2) is 9.97 Å². The molecule has 0 bridgehead atoms. The second-order valence-corrected chi connectivity index (χ2v) is 11.3. The molecule has 0 spiro atoms. The molecule has 1 N–H and O–H groups in total. The number of aromatic nitrogens is 4. The van der Waals surface area contributed by atoms with E-state index in [2.05, 4.69) is 26.4 Å². The van der Waals surface area contributed by atoms with Crippen molar-refractivity contribution in [1.29, 1.82) is 0 Å². The molecule has 8 nitrogen and oxygen atoms in total. The van der Waals surface area contributed by atoms with Gasteiger partial charge in [-0.3, -0.25) is 9.97 Å². The van der Waals surface area contributed by atoms with E-state index in [1.807, 2.05) is 43.4 Å². The summed E-state index contributed by atoms with van der Waals surface area (Å²) in [6.07, 6.45) is 9.53. The second kappa shape index (κ2) is 12.3. The zero-order chi connectivity index (χ0) is 29.2. The molecule has 4 aromatic rings. The molecule has 0 radical (unpaired) electrons. The molecular weight excluding hydrogens is 571 g/mol. The van der Waals surface area contributed by atoms with E-state index >= 15 is 0 Å². The van der Waals surface area contributed by atoms with Gasteiger partial charge in [-0.1, -0.05) is 59.6 Å². The molecule has 1 atom stereocenters. The van der Waals surface area contributed by atoms with Gasteiger partial charge >= 0.3 is 0 Å². The van der Waals surface area contributed by atoms with E-state index in [1.165, 1.54) is 19.3 Å². The molecule has 1 fully saturated rings. The molecule has 0 saturated heterocycles. The van der Waals surface area contributed by atoms with Crippen molar-refractivity contribution in [2.75, 3.05) is 27.8 Å². The number of hydrogen-bond donors (Lipinski definition) is 1. The number of fused-ring (bicyclic) bond motifs is 1. The Bertz CT molecular complexity index is 1660. The highest BCUT2D eigenvalue weighted by atomic mass is 35.5. The first-order valence-electron chi connectivity index (χ1n) is 14.0. The largest absolute Gasteiger partial charge is 0.480 e. The first-order valence-corrected chi connectivity index (χ1v) is 14.7. The first-order chi connectivity index (χ1) is 20.5. The smallest absolute Gasteiger partial charge is 0.237 e. The van der Waals surface area contributed by atoms with E-state index in [9.17, 15) is 0 Å². The molecule has 10 heteroatoms. The van der Waals surface area contributed by atoms with Crippen molar-refractivity contribution in [3.05, 3.63) is 82.0 Å². The van der Waals surface area contributed by atoms with Crippen molar-refractivity contribution >= 4 is 23.2 Å². The lowest BCUT2D eigenvalue weighted by molar-refractivity contribution is 0.334. The van der Waals surface area contributed by atoms with Crippen LogP contribution in [0.3, 0.4) is 0 Å². The predicted molar refractivity (Wildman–Crippen MR) is 166 cm³/mol. The van der Waals surface area contributed by atoms with Crippen LogP contribution in [0.1, 0.15) is 30.7 Å². The fourth-order valence-electron chi connectivity index (χ4n) is 5.85. The highest BCUT2D eigenvalue weighted by Crippen LogP contribution is 2.42. The predicted octanol–water partition coefficient (Wildman–Crippen LogP) is 6.81. The summed E-state index contributed by atoms with van der Waals surface area (Å²) in [5.74, 6) is 1.63. The fraction of sp³-hybridized carbons (Fsp3) is 0.312. The Morgan fingerprint density at radius 3 is 2.00 bits per heavy atom. The topological polar surface area (TPSA) is 85.3 Å². The Balaban J connectivity index is 1.32. The Morgan fingerprint density at radius 2 is 1.43 bits per heavy atom. The van der Waals surface area contributed by atoms with Gasteiger partial charge < -0.3 is 19.7 Å². The molecular formula is C32H32Cl2N6O2. The van der Waals surface area contributed by atoms with E-state index < -0.39 is 0 Å². The summed E-state index contributed by atoms with van der Waals surface area (Å²) in [4.78, 5) is 21.1. The van der Waals surface area contributed by atoms with Gasteiger partial charge in [-0.2, -0.15) is 0 Å². The molecule has 1 aliphatic heterocycles. The molecule has 1 saturated carbocycles. The molecule has 2 aliphatic rings. The van der Waals surface area contributed by atoms with E-state index in [-0.39, 0.29) is 0 Å². The number of nitrogens with one attached hydrogen (secondary N) is 1. The van der Waals surface area contributed by atoms with Gasteiger partial charge in [0, 0.05) is 35.3 Å². The maximum absolute atomic E-state index is 7.04. The molecule has 2 aromatic heterocycles. The lowest BCUT2D eigenvalue weighted by Crippen LogP contribution is -2.19. The number of nitrogens with zero attached hydrogens (tertiary/aromatic N) is 5. The standard InChI is InChI=1S/C32H32Cl2N6O2/c1-35-13-27-31(41-2)38-25(14-36-27)23-11-5-9-21(29(23)33)22-10-6-12-24(30(22)34)26-15-37-28(32(39-26)42-3)18-40-16-19-7-4-8-20(19)17-40/h5-6,9-12,14-16,20,35H,4,7-8,13,17-18H2,1-3H3. The number of halogens is 2. The lowest BCUT2D eigenvalue weighted by Gasteiger charge is -2.18. The number of hydrogen-bond acceptors (Lipinski definition) is 8. The average molecular weight is 604 g/mol. The molecule has 6 rings (SSSR count). The van der Waals surface area contributed by atoms with Gasteiger partial charge in [0.1, 0.15) is 11.4 Å². The van der Waals surface area contributed by atoms with Crippen molar-refractivity contribution in [2.24, 2.45) is 5.92 Å². The van der Waals surface area contributed by atoms with Crippen LogP contribution in [0.5, 0.6) is 11.8 Å². The maximum atomic E-state index is 7.04. The Kier molecular flexibility index (Phi) is 8.29. The first kappa shape index (κ1) is 28.4. The Hall–Kier alpha value is -3.72. The highest BCUT2D eigenvalue weighted by Gasteiger charge is 2.29. The van der Waals surface area contributed by atoms with E-state index in [4.69, 9.17) is 42.6 Å². The summed E-state index contributed by atoms with van der Waals surface area (Å²) in [5.41, 5.74) is 7.32. The average Bonchev–Trinajstić information content (AvgIpc) is 3.60. The highest BCUT2D eigenvalue weighted by molar-refractivity contribution is 6.39. The number of ether oxygens (including phenoxy) is 2. The molecule has 0 amide bonds. The number of methoxy groups -OCH3 is 2. The van der Waals surface area contributed by atoms with Gasteiger partial charge in [0.05, 0.1) is 54.6 Å². The number of rotatable bonds is 9. The molecule has 3 heterocycles. The van der Waals surface area contributed by atoms with Crippen LogP contribution in [-0.2, 0) is 13.1 Å². The maximum Gasteiger partial charge on any atom is 0.237 e. The van der Waals surface area contributed by atoms with Gasteiger partial charge in [-0.05, 0) is 44.0 Å². The van der Waals surface area contributed by atoms with Crippen molar-refractivity contribution in [3.63, 3.8) is 0 Å². The molecule has 1 unspecified atom stereocenters. The molecule has 42 heavy (non-hydrogen) atoms. The third-order valence-corrected chi connectivity index (χ3v) is 8.71. The lowest BCUT2D eigenvalue weighted by atomic mass is 9.98. The zero-order valence-corrected chi connectivity index (χ0v) is 25.3. The second-order valence-electron chi connectivity index (χ2n) is 10.5. The van der Waals surface area contributed by atoms with Gasteiger partial charge in [0.25, 0.3) is 0 Å². The van der Waals surface area contributed by atoms with E-state index in [0.29, 0.717) is 57.9 Å². The van der Waals surface area contributed by atoms with Crippen molar-refractivity contribution in [1.82, 2.24) is 30.2 Å². The monoisotopic (exact) mass is 602 g/mol. The van der Waals surface area contributed by atoms with E-state index in [1.54, 1.807) is 32.2 Å². The summed E-state index contributed by atoms with van der Waals surface area (Å²) in [5, 5.41) is 4.10. The fourth-order valence-corrected chi connectivity index (χ4v) is 6.50. The summed E-state index contributed by atoms with van der Waals surface area (Å²) in [7, 11) is 5.05. The van der Waals surface area contributed by atoms with Crippen LogP contribution in [0.2, 0.25) is 10.0 Å². The molecule has 2 aromatic carbocycles. The van der Waals surface area contributed by atoms with Crippen LogP contribution < -0.4 is 14.8 Å². The molecule has 216 valence electrons.